The fourth-order valence-electron chi connectivity index (χ4n) is 5.10. The SMILES string of the molecule is CC(C)n1c(CN2CCOC3(CC=CCN(Cc4ccccc4)C3=O)C2)nc2ccccc21. The molecule has 3 aromatic rings. The number of ether oxygens (including phenoxy) is 1. The Morgan fingerprint density at radius 2 is 1.82 bits per heavy atom. The first-order chi connectivity index (χ1) is 16.1. The van der Waals surface area contributed by atoms with E-state index in [9.17, 15) is 4.79 Å². The first kappa shape index (κ1) is 21.9. The van der Waals surface area contributed by atoms with Crippen molar-refractivity contribution in [2.24, 2.45) is 0 Å². The fourth-order valence-corrected chi connectivity index (χ4v) is 5.10. The van der Waals surface area contributed by atoms with Gasteiger partial charge in [-0.1, -0.05) is 54.6 Å². The van der Waals surface area contributed by atoms with Gasteiger partial charge in [-0.2, -0.15) is 0 Å². The quantitative estimate of drug-likeness (QED) is 0.554. The van der Waals surface area contributed by atoms with E-state index >= 15 is 0 Å². The molecular formula is C27H32N4O2. The second-order valence-electron chi connectivity index (χ2n) is 9.38. The molecule has 0 saturated carbocycles. The maximum Gasteiger partial charge on any atom is 0.257 e. The molecule has 2 aromatic carbocycles. The van der Waals surface area contributed by atoms with Gasteiger partial charge in [0.1, 0.15) is 5.82 Å². The Bertz CT molecular complexity index is 1150. The first-order valence-corrected chi connectivity index (χ1v) is 11.9. The number of fused-ring (bicyclic) bond motifs is 1. The Balaban J connectivity index is 1.38. The molecule has 33 heavy (non-hydrogen) atoms. The van der Waals surface area contributed by atoms with Crippen LogP contribution in [0.1, 0.15) is 37.7 Å². The van der Waals surface area contributed by atoms with Crippen LogP contribution in [0.25, 0.3) is 11.0 Å². The molecular weight excluding hydrogens is 412 g/mol. The van der Waals surface area contributed by atoms with Gasteiger partial charge in [0.2, 0.25) is 0 Å². The number of amides is 1. The number of para-hydroxylation sites is 2. The van der Waals surface area contributed by atoms with Gasteiger partial charge in [-0.25, -0.2) is 4.98 Å². The molecule has 2 aliphatic rings. The number of carbonyl (C=O) groups is 1. The number of imidazole rings is 1. The van der Waals surface area contributed by atoms with Crippen LogP contribution in [0.15, 0.2) is 66.7 Å². The lowest BCUT2D eigenvalue weighted by Crippen LogP contribution is -2.59. The Kier molecular flexibility index (Phi) is 6.04. The third-order valence-electron chi connectivity index (χ3n) is 6.65. The summed E-state index contributed by atoms with van der Waals surface area (Å²) in [4.78, 5) is 23.0. The number of carbonyl (C=O) groups excluding carboxylic acids is 1. The van der Waals surface area contributed by atoms with E-state index in [1.165, 1.54) is 0 Å². The van der Waals surface area contributed by atoms with Crippen LogP contribution in [-0.4, -0.2) is 57.1 Å². The van der Waals surface area contributed by atoms with Gasteiger partial charge in [0.05, 0.1) is 24.2 Å². The molecule has 6 nitrogen and oxygen atoms in total. The lowest BCUT2D eigenvalue weighted by molar-refractivity contribution is -0.170. The van der Waals surface area contributed by atoms with Crippen molar-refractivity contribution in [3.63, 3.8) is 0 Å². The molecule has 0 N–H and O–H groups in total. The second-order valence-corrected chi connectivity index (χ2v) is 9.38. The third-order valence-corrected chi connectivity index (χ3v) is 6.65. The highest BCUT2D eigenvalue weighted by Gasteiger charge is 2.46. The van der Waals surface area contributed by atoms with E-state index in [2.05, 4.69) is 65.8 Å². The summed E-state index contributed by atoms with van der Waals surface area (Å²) in [5, 5.41) is 0. The molecule has 1 atom stereocenters. The van der Waals surface area contributed by atoms with E-state index < -0.39 is 5.60 Å². The first-order valence-electron chi connectivity index (χ1n) is 11.9. The Morgan fingerprint density at radius 3 is 2.64 bits per heavy atom. The van der Waals surface area contributed by atoms with Crippen molar-refractivity contribution in [3.05, 3.63) is 78.1 Å². The van der Waals surface area contributed by atoms with Gasteiger partial charge in [-0.3, -0.25) is 9.69 Å². The minimum atomic E-state index is -0.839. The van der Waals surface area contributed by atoms with E-state index in [4.69, 9.17) is 9.72 Å². The minimum Gasteiger partial charge on any atom is -0.362 e. The zero-order valence-corrected chi connectivity index (χ0v) is 19.5. The number of hydrogen-bond acceptors (Lipinski definition) is 4. The smallest absolute Gasteiger partial charge is 0.257 e. The largest absolute Gasteiger partial charge is 0.362 e. The number of hydrogen-bond donors (Lipinski definition) is 0. The highest BCUT2D eigenvalue weighted by Crippen LogP contribution is 2.30. The van der Waals surface area contributed by atoms with Crippen LogP contribution < -0.4 is 0 Å². The monoisotopic (exact) mass is 444 g/mol. The van der Waals surface area contributed by atoms with Crippen LogP contribution in [-0.2, 0) is 22.6 Å². The van der Waals surface area contributed by atoms with Crippen LogP contribution in [0.4, 0.5) is 0 Å². The van der Waals surface area contributed by atoms with E-state index in [0.717, 1.165) is 29.0 Å². The molecule has 0 aliphatic carbocycles. The average molecular weight is 445 g/mol. The summed E-state index contributed by atoms with van der Waals surface area (Å²) < 4.78 is 8.57. The van der Waals surface area contributed by atoms with Crippen LogP contribution in [0.2, 0.25) is 0 Å². The topological polar surface area (TPSA) is 50.6 Å². The van der Waals surface area contributed by atoms with E-state index in [1.807, 2.05) is 29.2 Å². The van der Waals surface area contributed by atoms with Gasteiger partial charge >= 0.3 is 0 Å². The lowest BCUT2D eigenvalue weighted by atomic mass is 9.95. The molecule has 1 saturated heterocycles. The van der Waals surface area contributed by atoms with Gasteiger partial charge in [0, 0.05) is 38.6 Å². The van der Waals surface area contributed by atoms with Crippen molar-refractivity contribution in [2.45, 2.75) is 45.0 Å². The molecule has 2 aliphatic heterocycles. The van der Waals surface area contributed by atoms with E-state index in [1.54, 1.807) is 0 Å². The molecule has 1 fully saturated rings. The van der Waals surface area contributed by atoms with Crippen molar-refractivity contribution in [2.75, 3.05) is 26.2 Å². The van der Waals surface area contributed by atoms with E-state index in [0.29, 0.717) is 45.2 Å². The number of benzene rings is 2. The summed E-state index contributed by atoms with van der Waals surface area (Å²) >= 11 is 0. The number of nitrogens with zero attached hydrogens (tertiary/aromatic N) is 4. The van der Waals surface area contributed by atoms with Crippen LogP contribution in [0.5, 0.6) is 0 Å². The van der Waals surface area contributed by atoms with E-state index in [-0.39, 0.29) is 5.91 Å². The van der Waals surface area contributed by atoms with Crippen molar-refractivity contribution < 1.29 is 9.53 Å². The number of morpholine rings is 1. The van der Waals surface area contributed by atoms with Crippen LogP contribution in [0.3, 0.4) is 0 Å². The zero-order chi connectivity index (χ0) is 22.8. The molecule has 5 rings (SSSR count). The van der Waals surface area contributed by atoms with Gasteiger partial charge in [0.25, 0.3) is 5.91 Å². The predicted molar refractivity (Wildman–Crippen MR) is 130 cm³/mol. The molecule has 6 heteroatoms. The maximum absolute atomic E-state index is 13.8. The van der Waals surface area contributed by atoms with Crippen molar-refractivity contribution in [1.82, 2.24) is 19.4 Å². The average Bonchev–Trinajstić information content (AvgIpc) is 3.12. The highest BCUT2D eigenvalue weighted by molar-refractivity contribution is 5.86. The summed E-state index contributed by atoms with van der Waals surface area (Å²) in [5.41, 5.74) is 2.48. The molecule has 3 heterocycles. The Hall–Kier alpha value is -2.96. The standard InChI is InChI=1S/C27H32N4O2/c1-21(2)31-24-13-7-6-12-23(24)28-25(31)19-29-16-17-33-27(20-29)14-8-9-15-30(26(27)32)18-22-10-4-3-5-11-22/h3-13,21H,14-20H2,1-2H3. The zero-order valence-electron chi connectivity index (χ0n) is 19.5. The van der Waals surface area contributed by atoms with Crippen LogP contribution >= 0.6 is 0 Å². The van der Waals surface area contributed by atoms with Crippen molar-refractivity contribution >= 4 is 16.9 Å². The maximum atomic E-state index is 13.8. The Morgan fingerprint density at radius 1 is 1.03 bits per heavy atom. The summed E-state index contributed by atoms with van der Waals surface area (Å²) in [7, 11) is 0. The van der Waals surface area contributed by atoms with Crippen molar-refractivity contribution in [1.29, 1.82) is 0 Å². The molecule has 1 aromatic heterocycles. The third kappa shape index (κ3) is 4.33. The summed E-state index contributed by atoms with van der Waals surface area (Å²) in [6.45, 7) is 8.20. The summed E-state index contributed by atoms with van der Waals surface area (Å²) in [6, 6.07) is 18.8. The predicted octanol–water partition coefficient (Wildman–Crippen LogP) is 4.18. The molecule has 172 valence electrons. The molecule has 0 radical (unpaired) electrons. The van der Waals surface area contributed by atoms with Gasteiger partial charge in [-0.05, 0) is 31.5 Å². The van der Waals surface area contributed by atoms with Gasteiger partial charge < -0.3 is 14.2 Å². The molecule has 1 unspecified atom stereocenters. The lowest BCUT2D eigenvalue weighted by Gasteiger charge is -2.42. The van der Waals surface area contributed by atoms with Crippen LogP contribution in [0, 0.1) is 0 Å². The normalized spacial score (nSPS) is 21.9. The molecule has 1 spiro atoms. The molecule has 0 bridgehead atoms. The minimum absolute atomic E-state index is 0.0819. The summed E-state index contributed by atoms with van der Waals surface area (Å²) in [6.07, 6.45) is 4.81. The van der Waals surface area contributed by atoms with Crippen molar-refractivity contribution in [3.8, 4) is 0 Å². The number of rotatable bonds is 5. The Labute approximate surface area is 195 Å². The van der Waals surface area contributed by atoms with Gasteiger partial charge in [-0.15, -0.1) is 0 Å². The highest BCUT2D eigenvalue weighted by atomic mass is 16.5. The number of aromatic nitrogens is 2. The van der Waals surface area contributed by atoms with Gasteiger partial charge in [0.15, 0.2) is 5.60 Å². The summed E-state index contributed by atoms with van der Waals surface area (Å²) in [5.74, 6) is 1.12. The molecule has 1 amide bonds. The second kappa shape index (κ2) is 9.12. The fraction of sp³-hybridized carbons (Fsp3) is 0.407.